The van der Waals surface area contributed by atoms with Crippen LogP contribution in [0.2, 0.25) is 0 Å². The third-order valence-electron chi connectivity index (χ3n) is 5.08. The fourth-order valence-corrected chi connectivity index (χ4v) is 4.28. The van der Waals surface area contributed by atoms with Crippen molar-refractivity contribution >= 4 is 45.1 Å². The second-order valence-corrected chi connectivity index (χ2v) is 9.52. The molecular weight excluding hydrogens is 470 g/mol. The van der Waals surface area contributed by atoms with E-state index in [0.29, 0.717) is 38.5 Å². The molecule has 3 rings (SSSR count). The zero-order chi connectivity index (χ0) is 25.5. The van der Waals surface area contributed by atoms with Gasteiger partial charge in [-0.25, -0.2) is 14.6 Å². The summed E-state index contributed by atoms with van der Waals surface area (Å²) in [5.74, 6) is -1.23. The molecule has 0 saturated carbocycles. The molecule has 0 fully saturated rings. The first-order chi connectivity index (χ1) is 16.7. The van der Waals surface area contributed by atoms with Gasteiger partial charge >= 0.3 is 11.9 Å². The van der Waals surface area contributed by atoms with E-state index in [-0.39, 0.29) is 19.1 Å². The predicted octanol–water partition coefficient (Wildman–Crippen LogP) is 4.17. The number of nitrogens with one attached hydrogen (secondary N) is 1. The number of rotatable bonds is 10. The number of unbranched alkanes of at least 4 members (excludes halogenated alkanes) is 1. The Morgan fingerprint density at radius 3 is 2.66 bits per heavy atom. The first-order valence-corrected chi connectivity index (χ1v) is 12.3. The van der Waals surface area contributed by atoms with Gasteiger partial charge in [-0.05, 0) is 43.0 Å². The van der Waals surface area contributed by atoms with Gasteiger partial charge in [-0.15, -0.1) is 11.3 Å². The van der Waals surface area contributed by atoms with Crippen molar-refractivity contribution in [2.45, 2.75) is 47.1 Å². The Balaban J connectivity index is 1.73. The Morgan fingerprint density at radius 2 is 1.94 bits per heavy atom. The molecule has 0 atom stereocenters. The molecule has 1 aromatic carbocycles. The number of amides is 1. The minimum absolute atomic E-state index is 0.190. The van der Waals surface area contributed by atoms with Crippen LogP contribution in [0.3, 0.4) is 0 Å². The van der Waals surface area contributed by atoms with E-state index in [9.17, 15) is 19.2 Å². The highest BCUT2D eigenvalue weighted by atomic mass is 32.1. The molecule has 1 N–H and O–H groups in total. The van der Waals surface area contributed by atoms with Crippen molar-refractivity contribution < 1.29 is 23.9 Å². The predicted molar refractivity (Wildman–Crippen MR) is 134 cm³/mol. The van der Waals surface area contributed by atoms with Gasteiger partial charge in [-0.1, -0.05) is 33.3 Å². The van der Waals surface area contributed by atoms with E-state index < -0.39 is 23.4 Å². The minimum atomic E-state index is -0.490. The van der Waals surface area contributed by atoms with Crippen molar-refractivity contribution in [3.05, 3.63) is 57.0 Å². The lowest BCUT2D eigenvalue weighted by molar-refractivity contribution is -0.116. The average Bonchev–Trinajstić information content (AvgIpc) is 3.16. The molecule has 2 heterocycles. The van der Waals surface area contributed by atoms with Crippen molar-refractivity contribution in [2.24, 2.45) is 5.92 Å². The quantitative estimate of drug-likeness (QED) is 0.329. The van der Waals surface area contributed by atoms with Gasteiger partial charge in [0.2, 0.25) is 5.91 Å². The summed E-state index contributed by atoms with van der Waals surface area (Å²) in [6, 6.07) is 6.41. The minimum Gasteiger partial charge on any atom is -0.462 e. The highest BCUT2D eigenvalue weighted by Crippen LogP contribution is 2.27. The normalized spacial score (nSPS) is 11.0. The smallest absolute Gasteiger partial charge is 0.348 e. The molecule has 0 bridgehead atoms. The molecule has 0 aliphatic rings. The molecular formula is C25H29N3O6S. The molecule has 35 heavy (non-hydrogen) atoms. The fraction of sp³-hybridized carbons (Fsp3) is 0.400. The first-order valence-electron chi connectivity index (χ1n) is 11.4. The van der Waals surface area contributed by atoms with Crippen molar-refractivity contribution in [1.29, 1.82) is 0 Å². The number of ether oxygens (including phenoxy) is 2. The summed E-state index contributed by atoms with van der Waals surface area (Å²) in [4.78, 5) is 55.2. The van der Waals surface area contributed by atoms with Crippen molar-refractivity contribution in [3.8, 4) is 0 Å². The Kier molecular flexibility index (Phi) is 8.75. The number of anilines is 1. The lowest BCUT2D eigenvalue weighted by Crippen LogP contribution is -2.28. The Bertz CT molecular complexity index is 1290. The molecule has 10 heteroatoms. The maximum atomic E-state index is 13.0. The SMILES string of the molecule is CCCCOC(=O)c1cccc(NC(=O)Cn2cnc3sc(C(=O)OCC(C)C)c(C)c3c2=O)c1. The van der Waals surface area contributed by atoms with Gasteiger partial charge in [-0.2, -0.15) is 0 Å². The number of aromatic nitrogens is 2. The van der Waals surface area contributed by atoms with E-state index in [1.165, 1.54) is 17.0 Å². The maximum Gasteiger partial charge on any atom is 0.348 e. The lowest BCUT2D eigenvalue weighted by Gasteiger charge is -2.09. The van der Waals surface area contributed by atoms with E-state index in [2.05, 4.69) is 10.3 Å². The monoisotopic (exact) mass is 499 g/mol. The standard InChI is InChI=1S/C25H29N3O6S/c1-5-6-10-33-24(31)17-8-7-9-18(11-17)27-19(29)12-28-14-26-22-20(23(28)30)16(4)21(35-22)25(32)34-13-15(2)3/h7-9,11,14-15H,5-6,10,12-13H2,1-4H3,(H,27,29). The third-order valence-corrected chi connectivity index (χ3v) is 6.26. The van der Waals surface area contributed by atoms with Crippen LogP contribution >= 0.6 is 11.3 Å². The van der Waals surface area contributed by atoms with E-state index in [1.54, 1.807) is 25.1 Å². The summed E-state index contributed by atoms with van der Waals surface area (Å²) in [6.07, 6.45) is 2.97. The Morgan fingerprint density at radius 1 is 1.17 bits per heavy atom. The molecule has 9 nitrogen and oxygen atoms in total. The Labute approximate surface area is 207 Å². The van der Waals surface area contributed by atoms with Crippen LogP contribution in [0.1, 0.15) is 59.2 Å². The number of carbonyl (C=O) groups is 3. The second-order valence-electron chi connectivity index (χ2n) is 8.52. The third kappa shape index (κ3) is 6.54. The van der Waals surface area contributed by atoms with Crippen LogP contribution in [-0.2, 0) is 20.8 Å². The number of esters is 2. The molecule has 1 amide bonds. The molecule has 0 aliphatic carbocycles. The highest BCUT2D eigenvalue weighted by Gasteiger charge is 2.21. The molecule has 0 spiro atoms. The topological polar surface area (TPSA) is 117 Å². The van der Waals surface area contributed by atoms with Gasteiger partial charge in [-0.3, -0.25) is 14.2 Å². The number of carbonyl (C=O) groups excluding carboxylic acids is 3. The summed E-state index contributed by atoms with van der Waals surface area (Å²) in [7, 11) is 0. The van der Waals surface area contributed by atoms with E-state index in [1.807, 2.05) is 20.8 Å². The van der Waals surface area contributed by atoms with Gasteiger partial charge in [0.15, 0.2) is 0 Å². The number of hydrogen-bond acceptors (Lipinski definition) is 8. The van der Waals surface area contributed by atoms with Gasteiger partial charge in [0.25, 0.3) is 5.56 Å². The largest absolute Gasteiger partial charge is 0.462 e. The lowest BCUT2D eigenvalue weighted by atomic mass is 10.2. The zero-order valence-electron chi connectivity index (χ0n) is 20.3. The number of thiophene rings is 1. The number of benzene rings is 1. The van der Waals surface area contributed by atoms with Crippen molar-refractivity contribution in [2.75, 3.05) is 18.5 Å². The highest BCUT2D eigenvalue weighted by molar-refractivity contribution is 7.20. The van der Waals surface area contributed by atoms with Crippen molar-refractivity contribution in [1.82, 2.24) is 9.55 Å². The van der Waals surface area contributed by atoms with Crippen LogP contribution < -0.4 is 10.9 Å². The average molecular weight is 500 g/mol. The molecule has 186 valence electrons. The van der Waals surface area contributed by atoms with Gasteiger partial charge in [0.05, 0.1) is 30.5 Å². The number of nitrogens with zero attached hydrogens (tertiary/aromatic N) is 2. The van der Waals surface area contributed by atoms with E-state index >= 15 is 0 Å². The summed E-state index contributed by atoms with van der Waals surface area (Å²) < 4.78 is 11.7. The number of fused-ring (bicyclic) bond motifs is 1. The van der Waals surface area contributed by atoms with Crippen LogP contribution in [0.15, 0.2) is 35.4 Å². The molecule has 0 radical (unpaired) electrons. The number of aryl methyl sites for hydroxylation is 1. The maximum absolute atomic E-state index is 13.0. The van der Waals surface area contributed by atoms with Crippen LogP contribution in [0.4, 0.5) is 5.69 Å². The molecule has 0 unspecified atom stereocenters. The summed E-state index contributed by atoms with van der Waals surface area (Å²) >= 11 is 1.10. The molecule has 2 aromatic heterocycles. The van der Waals surface area contributed by atoms with Crippen LogP contribution in [0, 0.1) is 12.8 Å². The van der Waals surface area contributed by atoms with Crippen LogP contribution in [0.25, 0.3) is 10.2 Å². The molecule has 0 saturated heterocycles. The Hall–Kier alpha value is -3.53. The van der Waals surface area contributed by atoms with Crippen LogP contribution in [-0.4, -0.2) is 40.6 Å². The van der Waals surface area contributed by atoms with Crippen molar-refractivity contribution in [3.63, 3.8) is 0 Å². The zero-order valence-corrected chi connectivity index (χ0v) is 21.1. The van der Waals surface area contributed by atoms with E-state index in [4.69, 9.17) is 9.47 Å². The van der Waals surface area contributed by atoms with Crippen LogP contribution in [0.5, 0.6) is 0 Å². The van der Waals surface area contributed by atoms with Gasteiger partial charge < -0.3 is 14.8 Å². The first kappa shape index (κ1) is 26.1. The van der Waals surface area contributed by atoms with Gasteiger partial charge in [0, 0.05) is 5.69 Å². The summed E-state index contributed by atoms with van der Waals surface area (Å²) in [5, 5.41) is 2.98. The molecule has 0 aliphatic heterocycles. The summed E-state index contributed by atoms with van der Waals surface area (Å²) in [5.41, 5.74) is 0.796. The van der Waals surface area contributed by atoms with Gasteiger partial charge in [0.1, 0.15) is 16.3 Å². The number of hydrogen-bond donors (Lipinski definition) is 1. The fourth-order valence-electron chi connectivity index (χ4n) is 3.25. The second kappa shape index (κ2) is 11.7. The van der Waals surface area contributed by atoms with E-state index in [0.717, 1.165) is 24.2 Å². The summed E-state index contributed by atoms with van der Waals surface area (Å²) in [6.45, 7) is 7.88. The molecule has 3 aromatic rings.